The number of carbonyl (C=O) groups excluding carboxylic acids is 1. The molecule has 0 amide bonds. The Morgan fingerprint density at radius 1 is 1.39 bits per heavy atom. The number of aromatic nitrogens is 1. The molecule has 0 spiro atoms. The van der Waals surface area contributed by atoms with Gasteiger partial charge in [-0.1, -0.05) is 19.3 Å². The summed E-state index contributed by atoms with van der Waals surface area (Å²) in [5, 5.41) is 0.774. The number of rotatable bonds is 5. The molecule has 1 aromatic rings. The summed E-state index contributed by atoms with van der Waals surface area (Å²) in [6.07, 6.45) is 9.92. The molecule has 1 saturated carbocycles. The van der Waals surface area contributed by atoms with Crippen LogP contribution in [-0.2, 0) is 4.74 Å². The SMILES string of the molecule is O=C(OCCSC1CCCCC1)c1cccnc1. The number of hydrogen-bond donors (Lipinski definition) is 0. The molecule has 4 heteroatoms. The fourth-order valence-electron chi connectivity index (χ4n) is 2.15. The molecule has 0 atom stereocenters. The normalized spacial score (nSPS) is 16.4. The van der Waals surface area contributed by atoms with E-state index in [-0.39, 0.29) is 5.97 Å². The van der Waals surface area contributed by atoms with Gasteiger partial charge in [0.15, 0.2) is 0 Å². The van der Waals surface area contributed by atoms with Crippen molar-refractivity contribution in [3.63, 3.8) is 0 Å². The van der Waals surface area contributed by atoms with Crippen molar-refractivity contribution < 1.29 is 9.53 Å². The van der Waals surface area contributed by atoms with Crippen LogP contribution in [0.25, 0.3) is 0 Å². The highest BCUT2D eigenvalue weighted by molar-refractivity contribution is 7.99. The maximum atomic E-state index is 11.6. The van der Waals surface area contributed by atoms with Crippen molar-refractivity contribution in [1.29, 1.82) is 0 Å². The Morgan fingerprint density at radius 2 is 2.22 bits per heavy atom. The number of carbonyl (C=O) groups is 1. The van der Waals surface area contributed by atoms with Crippen molar-refractivity contribution in [2.75, 3.05) is 12.4 Å². The molecule has 1 aliphatic carbocycles. The van der Waals surface area contributed by atoms with Crippen molar-refractivity contribution >= 4 is 17.7 Å². The van der Waals surface area contributed by atoms with Crippen LogP contribution in [0.15, 0.2) is 24.5 Å². The molecule has 1 fully saturated rings. The van der Waals surface area contributed by atoms with Crippen LogP contribution in [-0.4, -0.2) is 28.6 Å². The Bertz CT molecular complexity index is 363. The Hall–Kier alpha value is -1.03. The lowest BCUT2D eigenvalue weighted by Crippen LogP contribution is -2.12. The Kier molecular flexibility index (Phi) is 5.52. The topological polar surface area (TPSA) is 39.2 Å². The minimum absolute atomic E-state index is 0.271. The molecule has 98 valence electrons. The van der Waals surface area contributed by atoms with Crippen LogP contribution in [0, 0.1) is 0 Å². The van der Waals surface area contributed by atoms with Gasteiger partial charge in [-0.2, -0.15) is 11.8 Å². The smallest absolute Gasteiger partial charge is 0.339 e. The number of nitrogens with zero attached hydrogens (tertiary/aromatic N) is 1. The van der Waals surface area contributed by atoms with E-state index in [1.54, 1.807) is 18.3 Å². The third kappa shape index (κ3) is 4.33. The number of pyridine rings is 1. The van der Waals surface area contributed by atoms with E-state index in [4.69, 9.17) is 4.74 Å². The van der Waals surface area contributed by atoms with Crippen LogP contribution < -0.4 is 0 Å². The highest BCUT2D eigenvalue weighted by Gasteiger charge is 2.13. The standard InChI is InChI=1S/C14H19NO2S/c16-14(12-5-4-8-15-11-12)17-9-10-18-13-6-2-1-3-7-13/h4-5,8,11,13H,1-3,6-7,9-10H2. The molecule has 0 unspecified atom stereocenters. The molecule has 3 nitrogen and oxygen atoms in total. The van der Waals surface area contributed by atoms with Crippen LogP contribution in [0.5, 0.6) is 0 Å². The lowest BCUT2D eigenvalue weighted by Gasteiger charge is -2.20. The Morgan fingerprint density at radius 3 is 2.94 bits per heavy atom. The van der Waals surface area contributed by atoms with Crippen molar-refractivity contribution in [2.45, 2.75) is 37.4 Å². The number of thioether (sulfide) groups is 1. The van der Waals surface area contributed by atoms with Gasteiger partial charge in [0.2, 0.25) is 0 Å². The van der Waals surface area contributed by atoms with E-state index < -0.39 is 0 Å². The summed E-state index contributed by atoms with van der Waals surface area (Å²) < 4.78 is 5.22. The second-order valence-electron chi connectivity index (χ2n) is 4.51. The number of hydrogen-bond acceptors (Lipinski definition) is 4. The van der Waals surface area contributed by atoms with Gasteiger partial charge in [0, 0.05) is 23.4 Å². The summed E-state index contributed by atoms with van der Waals surface area (Å²) in [6.45, 7) is 0.495. The van der Waals surface area contributed by atoms with Crippen LogP contribution in [0.3, 0.4) is 0 Å². The van der Waals surface area contributed by atoms with E-state index in [1.807, 2.05) is 11.8 Å². The van der Waals surface area contributed by atoms with E-state index >= 15 is 0 Å². The second kappa shape index (κ2) is 7.41. The molecule has 1 aromatic heterocycles. The molecular weight excluding hydrogens is 246 g/mol. The molecule has 2 rings (SSSR count). The number of esters is 1. The highest BCUT2D eigenvalue weighted by Crippen LogP contribution is 2.27. The second-order valence-corrected chi connectivity index (χ2v) is 5.92. The molecule has 0 bridgehead atoms. The maximum absolute atomic E-state index is 11.6. The Balaban J connectivity index is 1.62. The van der Waals surface area contributed by atoms with Crippen LogP contribution >= 0.6 is 11.8 Å². The van der Waals surface area contributed by atoms with Crippen molar-refractivity contribution in [1.82, 2.24) is 4.98 Å². The predicted molar refractivity (Wildman–Crippen MR) is 73.9 cm³/mol. The van der Waals surface area contributed by atoms with Gasteiger partial charge in [-0.3, -0.25) is 4.98 Å². The summed E-state index contributed by atoms with van der Waals surface area (Å²) in [5.74, 6) is 0.628. The van der Waals surface area contributed by atoms with E-state index in [0.717, 1.165) is 11.0 Å². The lowest BCUT2D eigenvalue weighted by molar-refractivity contribution is 0.0529. The molecule has 0 N–H and O–H groups in total. The van der Waals surface area contributed by atoms with Crippen molar-refractivity contribution in [3.05, 3.63) is 30.1 Å². The third-order valence-corrected chi connectivity index (χ3v) is 4.46. The van der Waals surface area contributed by atoms with E-state index in [2.05, 4.69) is 4.98 Å². The van der Waals surface area contributed by atoms with Crippen LogP contribution in [0.1, 0.15) is 42.5 Å². The van der Waals surface area contributed by atoms with E-state index in [1.165, 1.54) is 38.3 Å². The quantitative estimate of drug-likeness (QED) is 0.605. The van der Waals surface area contributed by atoms with Crippen molar-refractivity contribution in [3.8, 4) is 0 Å². The maximum Gasteiger partial charge on any atom is 0.339 e. The van der Waals surface area contributed by atoms with E-state index in [9.17, 15) is 4.79 Å². The largest absolute Gasteiger partial charge is 0.461 e. The molecule has 0 aromatic carbocycles. The van der Waals surface area contributed by atoms with Gasteiger partial charge in [0.25, 0.3) is 0 Å². The lowest BCUT2D eigenvalue weighted by atomic mass is 10.0. The molecule has 0 aliphatic heterocycles. The van der Waals surface area contributed by atoms with E-state index in [0.29, 0.717) is 12.2 Å². The predicted octanol–water partition coefficient (Wildman–Crippen LogP) is 3.30. The van der Waals surface area contributed by atoms with Crippen molar-refractivity contribution in [2.24, 2.45) is 0 Å². The zero-order valence-corrected chi connectivity index (χ0v) is 11.3. The first kappa shape index (κ1) is 13.4. The zero-order chi connectivity index (χ0) is 12.6. The van der Waals surface area contributed by atoms with Gasteiger partial charge >= 0.3 is 5.97 Å². The molecule has 18 heavy (non-hydrogen) atoms. The van der Waals surface area contributed by atoms with Gasteiger partial charge in [0.1, 0.15) is 6.61 Å². The Labute approximate surface area is 112 Å². The minimum atomic E-state index is -0.271. The van der Waals surface area contributed by atoms with Gasteiger partial charge in [-0.05, 0) is 25.0 Å². The molecule has 0 radical (unpaired) electrons. The summed E-state index contributed by atoms with van der Waals surface area (Å²) >= 11 is 1.94. The van der Waals surface area contributed by atoms with Gasteiger partial charge in [-0.15, -0.1) is 0 Å². The monoisotopic (exact) mass is 265 g/mol. The summed E-state index contributed by atoms with van der Waals surface area (Å²) in [4.78, 5) is 15.5. The first-order valence-corrected chi connectivity index (χ1v) is 7.60. The molecule has 1 heterocycles. The third-order valence-electron chi connectivity index (χ3n) is 3.12. The van der Waals surface area contributed by atoms with Crippen LogP contribution in [0.2, 0.25) is 0 Å². The first-order chi connectivity index (χ1) is 8.86. The average molecular weight is 265 g/mol. The molecule has 0 saturated heterocycles. The van der Waals surface area contributed by atoms with Crippen LogP contribution in [0.4, 0.5) is 0 Å². The zero-order valence-electron chi connectivity index (χ0n) is 10.5. The van der Waals surface area contributed by atoms with Gasteiger partial charge in [-0.25, -0.2) is 4.79 Å². The fraction of sp³-hybridized carbons (Fsp3) is 0.571. The summed E-state index contributed by atoms with van der Waals surface area (Å²) in [5.41, 5.74) is 0.528. The summed E-state index contributed by atoms with van der Waals surface area (Å²) in [7, 11) is 0. The first-order valence-electron chi connectivity index (χ1n) is 6.55. The highest BCUT2D eigenvalue weighted by atomic mass is 32.2. The average Bonchev–Trinajstić information content (AvgIpc) is 2.45. The minimum Gasteiger partial charge on any atom is -0.461 e. The summed E-state index contributed by atoms with van der Waals surface area (Å²) in [6, 6.07) is 3.47. The van der Waals surface area contributed by atoms with Gasteiger partial charge in [0.05, 0.1) is 5.56 Å². The fourth-order valence-corrected chi connectivity index (χ4v) is 3.33. The number of ether oxygens (including phenoxy) is 1. The molecular formula is C14H19NO2S. The molecule has 1 aliphatic rings. The van der Waals surface area contributed by atoms with Gasteiger partial charge < -0.3 is 4.74 Å².